The maximum Gasteiger partial charge on any atom is 0.306 e. The second-order valence-electron chi connectivity index (χ2n) is 7.70. The van der Waals surface area contributed by atoms with Crippen molar-refractivity contribution in [1.82, 2.24) is 0 Å². The minimum Gasteiger partial charge on any atom is -0.490 e. The number of aryl methyl sites for hydroxylation is 2. The minimum absolute atomic E-state index is 0.108. The summed E-state index contributed by atoms with van der Waals surface area (Å²) in [4.78, 5) is 11.1. The fourth-order valence-electron chi connectivity index (χ4n) is 4.23. The number of hydrogen-bond acceptors (Lipinski definition) is 3. The molecule has 4 nitrogen and oxygen atoms in total. The van der Waals surface area contributed by atoms with E-state index >= 15 is 0 Å². The van der Waals surface area contributed by atoms with Crippen molar-refractivity contribution in [3.05, 3.63) is 59.2 Å². The number of aliphatic carboxylic acids is 1. The molecule has 0 aromatic heterocycles. The van der Waals surface area contributed by atoms with Crippen LogP contribution in [-0.2, 0) is 11.2 Å². The molecule has 2 aliphatic rings. The Labute approximate surface area is 160 Å². The van der Waals surface area contributed by atoms with Gasteiger partial charge in [0.2, 0.25) is 0 Å². The van der Waals surface area contributed by atoms with Gasteiger partial charge in [-0.1, -0.05) is 24.3 Å². The van der Waals surface area contributed by atoms with Crippen molar-refractivity contribution in [2.45, 2.75) is 57.7 Å². The quantitative estimate of drug-likeness (QED) is 0.819. The monoisotopic (exact) mass is 366 g/mol. The SMILES string of the molecule is Cc1ccccc1[C@@H]1CCc2cc(OC3CCC(C(=O)O)CC3)ccc2O1. The predicted molar refractivity (Wildman–Crippen MR) is 103 cm³/mol. The summed E-state index contributed by atoms with van der Waals surface area (Å²) in [5.41, 5.74) is 3.72. The van der Waals surface area contributed by atoms with E-state index in [0.717, 1.165) is 37.2 Å². The molecule has 0 spiro atoms. The van der Waals surface area contributed by atoms with Gasteiger partial charge in [-0.05, 0) is 80.3 Å². The second-order valence-corrected chi connectivity index (χ2v) is 7.70. The molecule has 1 N–H and O–H groups in total. The fourth-order valence-corrected chi connectivity index (χ4v) is 4.23. The minimum atomic E-state index is -0.678. The summed E-state index contributed by atoms with van der Waals surface area (Å²) in [6.07, 6.45) is 5.17. The summed E-state index contributed by atoms with van der Waals surface area (Å²) in [6.45, 7) is 2.13. The summed E-state index contributed by atoms with van der Waals surface area (Å²) >= 11 is 0. The van der Waals surface area contributed by atoms with Crippen molar-refractivity contribution in [2.24, 2.45) is 5.92 Å². The Balaban J connectivity index is 1.41. The molecular formula is C23H26O4. The first kappa shape index (κ1) is 17.9. The van der Waals surface area contributed by atoms with Crippen molar-refractivity contribution >= 4 is 5.97 Å². The molecule has 1 aliphatic carbocycles. The van der Waals surface area contributed by atoms with Crippen LogP contribution in [0.4, 0.5) is 0 Å². The molecule has 1 fully saturated rings. The van der Waals surface area contributed by atoms with Gasteiger partial charge in [0.1, 0.15) is 17.6 Å². The molecule has 1 aliphatic heterocycles. The average molecular weight is 366 g/mol. The van der Waals surface area contributed by atoms with Crippen molar-refractivity contribution in [3.63, 3.8) is 0 Å². The smallest absolute Gasteiger partial charge is 0.306 e. The van der Waals surface area contributed by atoms with Crippen LogP contribution in [0.15, 0.2) is 42.5 Å². The van der Waals surface area contributed by atoms with Crippen LogP contribution in [0.2, 0.25) is 0 Å². The van der Waals surface area contributed by atoms with E-state index in [1.54, 1.807) is 0 Å². The molecule has 0 bridgehead atoms. The standard InChI is InChI=1S/C23H26O4/c1-15-4-2-3-5-20(15)22-12-8-17-14-19(11-13-21(17)27-22)26-18-9-6-16(7-10-18)23(24)25/h2-5,11,13-14,16,18,22H,6-10,12H2,1H3,(H,24,25)/t16?,18?,22-/m0/s1. The molecule has 0 radical (unpaired) electrons. The molecule has 2 aromatic rings. The topological polar surface area (TPSA) is 55.8 Å². The number of carboxylic acids is 1. The Morgan fingerprint density at radius 1 is 1.07 bits per heavy atom. The van der Waals surface area contributed by atoms with Gasteiger partial charge in [-0.25, -0.2) is 0 Å². The lowest BCUT2D eigenvalue weighted by Crippen LogP contribution is -2.27. The molecule has 27 heavy (non-hydrogen) atoms. The summed E-state index contributed by atoms with van der Waals surface area (Å²) in [5, 5.41) is 9.11. The van der Waals surface area contributed by atoms with Gasteiger partial charge in [-0.2, -0.15) is 0 Å². The molecule has 0 amide bonds. The van der Waals surface area contributed by atoms with E-state index in [4.69, 9.17) is 14.6 Å². The van der Waals surface area contributed by atoms with Gasteiger partial charge in [-0.15, -0.1) is 0 Å². The summed E-state index contributed by atoms with van der Waals surface area (Å²) < 4.78 is 12.4. The first-order valence-electron chi connectivity index (χ1n) is 9.84. The van der Waals surface area contributed by atoms with Crippen molar-refractivity contribution in [3.8, 4) is 11.5 Å². The van der Waals surface area contributed by atoms with E-state index in [1.807, 2.05) is 12.1 Å². The Morgan fingerprint density at radius 3 is 2.59 bits per heavy atom. The molecular weight excluding hydrogens is 340 g/mol. The Bertz CT molecular complexity index is 821. The highest BCUT2D eigenvalue weighted by Crippen LogP contribution is 2.38. The van der Waals surface area contributed by atoms with Crippen LogP contribution in [-0.4, -0.2) is 17.2 Å². The highest BCUT2D eigenvalue weighted by molar-refractivity contribution is 5.70. The maximum atomic E-state index is 11.1. The number of rotatable bonds is 4. The van der Waals surface area contributed by atoms with Gasteiger partial charge in [0.25, 0.3) is 0 Å². The summed E-state index contributed by atoms with van der Waals surface area (Å²) in [5.74, 6) is 0.921. The lowest BCUT2D eigenvalue weighted by molar-refractivity contribution is -0.143. The third-order valence-electron chi connectivity index (χ3n) is 5.84. The predicted octanol–water partition coefficient (Wildman–Crippen LogP) is 5.08. The van der Waals surface area contributed by atoms with E-state index in [9.17, 15) is 4.79 Å². The zero-order chi connectivity index (χ0) is 18.8. The summed E-state index contributed by atoms with van der Waals surface area (Å²) in [7, 11) is 0. The first-order chi connectivity index (χ1) is 13.1. The molecule has 142 valence electrons. The molecule has 2 aromatic carbocycles. The van der Waals surface area contributed by atoms with Crippen LogP contribution in [0.5, 0.6) is 11.5 Å². The molecule has 0 unspecified atom stereocenters. The number of fused-ring (bicyclic) bond motifs is 1. The number of carbonyl (C=O) groups is 1. The van der Waals surface area contributed by atoms with E-state index in [-0.39, 0.29) is 18.1 Å². The largest absolute Gasteiger partial charge is 0.490 e. The zero-order valence-corrected chi connectivity index (χ0v) is 15.7. The summed E-state index contributed by atoms with van der Waals surface area (Å²) in [6, 6.07) is 14.5. The Kier molecular flexibility index (Phi) is 5.06. The van der Waals surface area contributed by atoms with Crippen LogP contribution in [0.25, 0.3) is 0 Å². The van der Waals surface area contributed by atoms with Gasteiger partial charge >= 0.3 is 5.97 Å². The van der Waals surface area contributed by atoms with Crippen molar-refractivity contribution in [2.75, 3.05) is 0 Å². The second kappa shape index (κ2) is 7.63. The molecule has 4 rings (SSSR count). The zero-order valence-electron chi connectivity index (χ0n) is 15.7. The van der Waals surface area contributed by atoms with E-state index in [2.05, 4.69) is 37.3 Å². The van der Waals surface area contributed by atoms with Gasteiger partial charge in [0.05, 0.1) is 12.0 Å². The molecule has 1 atom stereocenters. The first-order valence-corrected chi connectivity index (χ1v) is 9.84. The van der Waals surface area contributed by atoms with Crippen molar-refractivity contribution < 1.29 is 19.4 Å². The van der Waals surface area contributed by atoms with Gasteiger partial charge in [0, 0.05) is 0 Å². The van der Waals surface area contributed by atoms with Crippen LogP contribution in [0, 0.1) is 12.8 Å². The number of benzene rings is 2. The lowest BCUT2D eigenvalue weighted by Gasteiger charge is -2.29. The van der Waals surface area contributed by atoms with Gasteiger partial charge < -0.3 is 14.6 Å². The van der Waals surface area contributed by atoms with E-state index in [0.29, 0.717) is 12.8 Å². The van der Waals surface area contributed by atoms with Crippen LogP contribution < -0.4 is 9.47 Å². The van der Waals surface area contributed by atoms with E-state index in [1.165, 1.54) is 16.7 Å². The third-order valence-corrected chi connectivity index (χ3v) is 5.84. The Morgan fingerprint density at radius 2 is 1.85 bits per heavy atom. The van der Waals surface area contributed by atoms with E-state index < -0.39 is 5.97 Å². The highest BCUT2D eigenvalue weighted by atomic mass is 16.5. The fraction of sp³-hybridized carbons (Fsp3) is 0.435. The van der Waals surface area contributed by atoms with Gasteiger partial charge in [-0.3, -0.25) is 4.79 Å². The van der Waals surface area contributed by atoms with Crippen LogP contribution in [0.1, 0.15) is 54.9 Å². The number of hydrogen-bond donors (Lipinski definition) is 1. The van der Waals surface area contributed by atoms with Crippen LogP contribution in [0.3, 0.4) is 0 Å². The maximum absolute atomic E-state index is 11.1. The molecule has 1 heterocycles. The van der Waals surface area contributed by atoms with Crippen LogP contribution >= 0.6 is 0 Å². The molecule has 4 heteroatoms. The third kappa shape index (κ3) is 3.95. The Hall–Kier alpha value is -2.49. The number of carboxylic acid groups (broad SMARTS) is 1. The lowest BCUT2D eigenvalue weighted by atomic mass is 9.87. The van der Waals surface area contributed by atoms with Gasteiger partial charge in [0.15, 0.2) is 0 Å². The highest BCUT2D eigenvalue weighted by Gasteiger charge is 2.27. The normalized spacial score (nSPS) is 24.6. The molecule has 1 saturated carbocycles. The average Bonchev–Trinajstić information content (AvgIpc) is 2.68. The van der Waals surface area contributed by atoms with Crippen molar-refractivity contribution in [1.29, 1.82) is 0 Å². The molecule has 0 saturated heterocycles. The number of ether oxygens (including phenoxy) is 2.